The van der Waals surface area contributed by atoms with Gasteiger partial charge in [0.15, 0.2) is 11.3 Å². The average molecular weight is 756 g/mol. The summed E-state index contributed by atoms with van der Waals surface area (Å²) in [6, 6.07) is 0. The maximum absolute atomic E-state index is 15.2. The first-order valence-electron chi connectivity index (χ1n) is 13.3. The minimum atomic E-state index is -8.21. The normalized spacial score (nSPS) is 17.3. The highest BCUT2D eigenvalue weighted by Crippen LogP contribution is 2.62. The number of hydrogen-bond acceptors (Lipinski definition) is 3. The summed E-state index contributed by atoms with van der Waals surface area (Å²) in [5, 5.41) is -7.34. The lowest BCUT2D eigenvalue weighted by Crippen LogP contribution is -2.75. The molecule has 0 heterocycles. The predicted molar refractivity (Wildman–Crippen MR) is 133 cm³/mol. The summed E-state index contributed by atoms with van der Waals surface area (Å²) >= 11 is 0. The Labute approximate surface area is 260 Å². The molecule has 47 heavy (non-hydrogen) atoms. The lowest BCUT2D eigenvalue weighted by molar-refractivity contribution is -0.870. The highest BCUT2D eigenvalue weighted by atomic mass is 32.2. The van der Waals surface area contributed by atoms with Gasteiger partial charge in [0.1, 0.15) is 0 Å². The summed E-state index contributed by atoms with van der Waals surface area (Å²) in [5.41, 5.74) is -10.2. The molecule has 1 unspecified atom stereocenters. The third-order valence-electron chi connectivity index (χ3n) is 6.88. The van der Waals surface area contributed by atoms with E-state index in [1.807, 2.05) is 0 Å². The summed E-state index contributed by atoms with van der Waals surface area (Å²) in [5.74, 6) is -46.0. The van der Waals surface area contributed by atoms with Gasteiger partial charge in [-0.1, -0.05) is 6.42 Å². The van der Waals surface area contributed by atoms with Crippen LogP contribution in [-0.4, -0.2) is 117 Å². The summed E-state index contributed by atoms with van der Waals surface area (Å²) in [7, 11) is -1.59. The predicted octanol–water partition coefficient (Wildman–Crippen LogP) is 8.06. The molecular weight excluding hydrogens is 719 g/mol. The van der Waals surface area contributed by atoms with Gasteiger partial charge in [0.05, 0.1) is 27.7 Å². The number of sulfonamides is 1. The lowest BCUT2D eigenvalue weighted by atomic mass is 9.84. The number of quaternary nitrogens is 1. The van der Waals surface area contributed by atoms with Crippen LogP contribution < -0.4 is 0 Å². The molecule has 0 saturated heterocycles. The van der Waals surface area contributed by atoms with Crippen LogP contribution in [0.2, 0.25) is 0 Å². The summed E-state index contributed by atoms with van der Waals surface area (Å²) in [6.45, 7) is -3.23. The van der Waals surface area contributed by atoms with Crippen LogP contribution in [0.3, 0.4) is 0 Å². The Morgan fingerprint density at radius 2 is 0.957 bits per heavy atom. The summed E-state index contributed by atoms with van der Waals surface area (Å²) in [4.78, 5) is 0. The van der Waals surface area contributed by atoms with Crippen LogP contribution in [-0.2, 0) is 14.8 Å². The van der Waals surface area contributed by atoms with Crippen LogP contribution in [0.25, 0.3) is 0 Å². The smallest absolute Gasteiger partial charge is 0.331 e. The second-order valence-electron chi connectivity index (χ2n) is 12.8. The number of halogens is 17. The number of alkyl halides is 17. The van der Waals surface area contributed by atoms with Gasteiger partial charge in [-0.05, 0) is 47.0 Å². The van der Waals surface area contributed by atoms with E-state index in [1.54, 1.807) is 21.1 Å². The molecular formula is C24H36F17N2O3S+. The van der Waals surface area contributed by atoms with E-state index in [-0.39, 0.29) is 19.9 Å². The largest absolute Gasteiger partial charge is 0.428 e. The Morgan fingerprint density at radius 3 is 1.32 bits per heavy atom. The third-order valence-corrected chi connectivity index (χ3v) is 8.79. The molecule has 284 valence electrons. The average Bonchev–Trinajstić information content (AvgIpc) is 2.82. The molecule has 1 atom stereocenters. The first-order chi connectivity index (χ1) is 20.1. The van der Waals surface area contributed by atoms with Crippen molar-refractivity contribution < 1.29 is 92.3 Å². The van der Waals surface area contributed by atoms with Crippen molar-refractivity contribution in [2.24, 2.45) is 0 Å². The van der Waals surface area contributed by atoms with E-state index in [2.05, 4.69) is 4.74 Å². The molecule has 0 aromatic rings. The van der Waals surface area contributed by atoms with Crippen molar-refractivity contribution in [2.75, 3.05) is 41.3 Å². The highest BCUT2D eigenvalue weighted by molar-refractivity contribution is 7.90. The molecule has 0 radical (unpaired) electrons. The van der Waals surface area contributed by atoms with Crippen molar-refractivity contribution in [3.8, 4) is 0 Å². The zero-order chi connectivity index (χ0) is 38.5. The summed E-state index contributed by atoms with van der Waals surface area (Å²) in [6.07, 6.45) is -7.51. The highest BCUT2D eigenvalue weighted by Gasteiger charge is 2.91. The topological polar surface area (TPSA) is 46.6 Å². The quantitative estimate of drug-likeness (QED) is 0.0762. The Morgan fingerprint density at radius 1 is 0.553 bits per heavy atom. The van der Waals surface area contributed by atoms with E-state index < -0.39 is 107 Å². The van der Waals surface area contributed by atoms with Crippen molar-refractivity contribution in [1.29, 1.82) is 0 Å². The number of nitrogens with zero attached hydrogens (tertiary/aromatic N) is 2. The fourth-order valence-electron chi connectivity index (χ4n) is 3.69. The molecule has 0 aromatic carbocycles. The minimum Gasteiger partial charge on any atom is -0.331 e. The van der Waals surface area contributed by atoms with Crippen LogP contribution in [0.5, 0.6) is 0 Å². The van der Waals surface area contributed by atoms with Crippen molar-refractivity contribution >= 4 is 10.0 Å². The Balaban J connectivity index is 6.73. The Kier molecular flexibility index (Phi) is 12.7. The van der Waals surface area contributed by atoms with Gasteiger partial charge in [-0.2, -0.15) is 65.8 Å². The van der Waals surface area contributed by atoms with E-state index in [4.69, 9.17) is 0 Å². The zero-order valence-electron chi connectivity index (χ0n) is 26.2. The van der Waals surface area contributed by atoms with Gasteiger partial charge in [0, 0.05) is 13.6 Å². The molecule has 0 saturated carbocycles. The van der Waals surface area contributed by atoms with Gasteiger partial charge in [-0.15, -0.1) is 0 Å². The lowest BCUT2D eigenvalue weighted by Gasteiger charge is -2.47. The molecule has 0 spiro atoms. The van der Waals surface area contributed by atoms with Gasteiger partial charge < -0.3 is 4.48 Å². The zero-order valence-corrected chi connectivity index (χ0v) is 27.0. The standard InChI is InChI=1S/C24H36F17N2O3S/c1-15(2,25)17(27,28)18(29,30)19(31,32)22(37,16(3,4)26)46-23(38,39)20(33,34)21(35,36)24(40,41)47(44,45)42(5)13-11-9-10-12-14-43(6,7)8/h9-14H2,1-8H3/q+1. The monoisotopic (exact) mass is 755 g/mol. The first kappa shape index (κ1) is 45.6. The van der Waals surface area contributed by atoms with Crippen LogP contribution >= 0.6 is 0 Å². The van der Waals surface area contributed by atoms with Crippen molar-refractivity contribution in [2.45, 2.75) is 112 Å². The van der Waals surface area contributed by atoms with Crippen molar-refractivity contribution in [3.63, 3.8) is 0 Å². The minimum absolute atomic E-state index is 0.0545. The molecule has 5 nitrogen and oxygen atoms in total. The van der Waals surface area contributed by atoms with Gasteiger partial charge in [0.2, 0.25) is 0 Å². The van der Waals surface area contributed by atoms with E-state index in [0.29, 0.717) is 23.9 Å². The number of unbranched alkanes of at least 4 members (excludes halogenated alkanes) is 3. The molecule has 0 amide bonds. The summed E-state index contributed by atoms with van der Waals surface area (Å²) < 4.78 is 271. The molecule has 0 bridgehead atoms. The van der Waals surface area contributed by atoms with Crippen molar-refractivity contribution in [1.82, 2.24) is 4.31 Å². The number of rotatable bonds is 19. The second-order valence-corrected chi connectivity index (χ2v) is 14.9. The van der Waals surface area contributed by atoms with E-state index >= 15 is 4.39 Å². The van der Waals surface area contributed by atoms with Crippen LogP contribution in [0, 0.1) is 0 Å². The first-order valence-corrected chi connectivity index (χ1v) is 14.7. The third kappa shape index (κ3) is 7.86. The Hall–Kier alpha value is -1.36. The SMILES string of the molecule is CN(CCCCCC[N+](C)(C)C)S(=O)(=O)C(F)(F)C(F)(F)C(F)(F)C(F)(F)OC(F)(C(C)(C)F)C(F)(F)C(F)(F)C(F)(F)C(C)(C)F. The van der Waals surface area contributed by atoms with Gasteiger partial charge in [-0.25, -0.2) is 21.6 Å². The van der Waals surface area contributed by atoms with Gasteiger partial charge >= 0.3 is 46.8 Å². The molecule has 0 N–H and O–H groups in total. The molecule has 0 aliphatic rings. The van der Waals surface area contributed by atoms with E-state index in [0.717, 1.165) is 0 Å². The van der Waals surface area contributed by atoms with E-state index in [9.17, 15) is 78.7 Å². The van der Waals surface area contributed by atoms with Gasteiger partial charge in [0.25, 0.3) is 10.0 Å². The van der Waals surface area contributed by atoms with Crippen molar-refractivity contribution in [3.05, 3.63) is 0 Å². The second kappa shape index (κ2) is 13.1. The molecule has 0 aromatic heterocycles. The van der Waals surface area contributed by atoms with Crippen LogP contribution in [0.15, 0.2) is 0 Å². The molecule has 0 aliphatic carbocycles. The Bertz CT molecular complexity index is 1180. The fraction of sp³-hybridized carbons (Fsp3) is 1.00. The van der Waals surface area contributed by atoms with E-state index in [1.165, 1.54) is 0 Å². The van der Waals surface area contributed by atoms with Crippen LogP contribution in [0.1, 0.15) is 53.4 Å². The maximum atomic E-state index is 15.2. The molecule has 0 aliphatic heterocycles. The van der Waals surface area contributed by atoms with Gasteiger partial charge in [-0.3, -0.25) is 4.74 Å². The molecule has 0 rings (SSSR count). The fourth-order valence-corrected chi connectivity index (χ4v) is 4.90. The maximum Gasteiger partial charge on any atom is 0.428 e. The van der Waals surface area contributed by atoms with Crippen LogP contribution in [0.4, 0.5) is 74.6 Å². The number of hydrogen-bond donors (Lipinski definition) is 0. The number of ether oxygens (including phenoxy) is 1. The molecule has 0 fully saturated rings. The molecule has 23 heteroatoms.